The molecule has 5 heteroatoms. The zero-order valence-electron chi connectivity index (χ0n) is 8.14. The van der Waals surface area contributed by atoms with Crippen LogP contribution in [0.25, 0.3) is 0 Å². The van der Waals surface area contributed by atoms with Gasteiger partial charge in [0.15, 0.2) is 6.10 Å². The molecule has 0 spiro atoms. The summed E-state index contributed by atoms with van der Waals surface area (Å²) in [6.45, 7) is 1.64. The summed E-state index contributed by atoms with van der Waals surface area (Å²) in [4.78, 5) is 10.3. The van der Waals surface area contributed by atoms with Gasteiger partial charge in [0.1, 0.15) is 0 Å². The predicted octanol–water partition coefficient (Wildman–Crippen LogP) is -0.0348. The summed E-state index contributed by atoms with van der Waals surface area (Å²) >= 11 is 0. The maximum absolute atomic E-state index is 10.3. The molecule has 0 fully saturated rings. The summed E-state index contributed by atoms with van der Waals surface area (Å²) in [6.07, 6.45) is -0.793. The maximum atomic E-state index is 10.3. The van der Waals surface area contributed by atoms with E-state index in [1.165, 1.54) is 6.92 Å². The Morgan fingerprint density at radius 1 is 1.50 bits per heavy atom. The third kappa shape index (κ3) is 6.40. The van der Waals surface area contributed by atoms with Crippen molar-refractivity contribution in [2.45, 2.75) is 38.4 Å². The van der Waals surface area contributed by atoms with E-state index in [9.17, 15) is 4.79 Å². The number of nitrogens with zero attached hydrogens (tertiary/aromatic N) is 1. The van der Waals surface area contributed by atoms with Crippen molar-refractivity contribution >= 4 is 5.97 Å². The van der Waals surface area contributed by atoms with Gasteiger partial charge < -0.3 is 14.9 Å². The van der Waals surface area contributed by atoms with Gasteiger partial charge in [0, 0.05) is 6.92 Å². The molecule has 0 heterocycles. The van der Waals surface area contributed by atoms with E-state index in [0.717, 1.165) is 0 Å². The van der Waals surface area contributed by atoms with Crippen molar-refractivity contribution in [3.63, 3.8) is 0 Å². The van der Waals surface area contributed by atoms with Crippen LogP contribution >= 0.6 is 0 Å². The fourth-order valence-corrected chi connectivity index (χ4v) is 0.915. The molecule has 0 aliphatic heterocycles. The second-order valence-corrected chi connectivity index (χ2v) is 2.98. The van der Waals surface area contributed by atoms with Gasteiger partial charge in [-0.15, -0.1) is 0 Å². The molecule has 0 bridgehead atoms. The van der Waals surface area contributed by atoms with E-state index in [1.54, 1.807) is 6.07 Å². The van der Waals surface area contributed by atoms with Crippen molar-refractivity contribution in [3.8, 4) is 6.07 Å². The number of aliphatic hydroxyl groups excluding tert-OH is 2. The average molecular weight is 201 g/mol. The van der Waals surface area contributed by atoms with Crippen LogP contribution in [0, 0.1) is 11.3 Å². The molecule has 0 amide bonds. The Balaban J connectivity index is 3.37. The lowest BCUT2D eigenvalue weighted by Crippen LogP contribution is -2.23. The molecule has 0 saturated heterocycles. The molecule has 0 rings (SSSR count). The van der Waals surface area contributed by atoms with Gasteiger partial charge in [-0.1, -0.05) is 0 Å². The van der Waals surface area contributed by atoms with Crippen molar-refractivity contribution in [3.05, 3.63) is 0 Å². The topological polar surface area (TPSA) is 90.6 Å². The quantitative estimate of drug-likeness (QED) is 0.357. The fourth-order valence-electron chi connectivity index (χ4n) is 0.915. The molecule has 0 radical (unpaired) electrons. The largest absolute Gasteiger partial charge is 0.466 e. The maximum Gasteiger partial charge on any atom is 0.302 e. The van der Waals surface area contributed by atoms with E-state index < -0.39 is 12.2 Å². The minimum atomic E-state index is -1.33. The normalized spacial score (nSPS) is 14.1. The molecule has 80 valence electrons. The monoisotopic (exact) mass is 201 g/mol. The van der Waals surface area contributed by atoms with E-state index in [-0.39, 0.29) is 5.97 Å². The standard InChI is InChI=1S/C9H15NO4/c1-7(11)14-5-3-2-4-8(12)9(13)6-10/h8-9,12-13H,2-5H2,1H3/t8-,9+/m0/s1. The molecule has 0 aliphatic carbocycles. The Morgan fingerprint density at radius 2 is 2.14 bits per heavy atom. The first-order valence-corrected chi connectivity index (χ1v) is 4.47. The van der Waals surface area contributed by atoms with Crippen molar-refractivity contribution in [2.75, 3.05) is 6.61 Å². The molecular formula is C9H15NO4. The number of unbranched alkanes of at least 4 members (excludes halogenated alkanes) is 1. The molecule has 0 aromatic rings. The SMILES string of the molecule is CC(=O)OCCCC[C@H](O)[C@H](O)C#N. The van der Waals surface area contributed by atoms with Gasteiger partial charge in [0.05, 0.1) is 18.8 Å². The average Bonchev–Trinajstić information content (AvgIpc) is 2.15. The van der Waals surface area contributed by atoms with Crippen molar-refractivity contribution < 1.29 is 19.7 Å². The van der Waals surface area contributed by atoms with Crippen LogP contribution in [-0.4, -0.2) is 35.0 Å². The minimum absolute atomic E-state index is 0.310. The summed E-state index contributed by atoms with van der Waals surface area (Å²) in [5.41, 5.74) is 0. The zero-order valence-corrected chi connectivity index (χ0v) is 8.14. The second kappa shape index (κ2) is 7.30. The second-order valence-electron chi connectivity index (χ2n) is 2.98. The molecule has 2 N–H and O–H groups in total. The number of rotatable bonds is 6. The molecule has 0 unspecified atom stereocenters. The van der Waals surface area contributed by atoms with E-state index in [2.05, 4.69) is 4.74 Å². The van der Waals surface area contributed by atoms with E-state index in [4.69, 9.17) is 15.5 Å². The van der Waals surface area contributed by atoms with Crippen LogP contribution in [0.1, 0.15) is 26.2 Å². The number of carbonyl (C=O) groups excluding carboxylic acids is 1. The first kappa shape index (κ1) is 12.9. The summed E-state index contributed by atoms with van der Waals surface area (Å²) in [5.74, 6) is -0.331. The predicted molar refractivity (Wildman–Crippen MR) is 48.1 cm³/mol. The van der Waals surface area contributed by atoms with Crippen molar-refractivity contribution in [2.24, 2.45) is 0 Å². The van der Waals surface area contributed by atoms with Crippen LogP contribution in [0.3, 0.4) is 0 Å². The van der Waals surface area contributed by atoms with Gasteiger partial charge in [-0.05, 0) is 19.3 Å². The molecular weight excluding hydrogens is 186 g/mol. The summed E-state index contributed by atoms with van der Waals surface area (Å²) in [7, 11) is 0. The van der Waals surface area contributed by atoms with Crippen LogP contribution in [0.5, 0.6) is 0 Å². The van der Waals surface area contributed by atoms with E-state index >= 15 is 0 Å². The highest BCUT2D eigenvalue weighted by Gasteiger charge is 2.14. The molecule has 0 aliphatic rings. The van der Waals surface area contributed by atoms with Gasteiger partial charge in [-0.25, -0.2) is 0 Å². The highest BCUT2D eigenvalue weighted by Crippen LogP contribution is 2.04. The Hall–Kier alpha value is -1.12. The van der Waals surface area contributed by atoms with Gasteiger partial charge in [-0.2, -0.15) is 5.26 Å². The Bertz CT molecular complexity index is 211. The molecule has 2 atom stereocenters. The zero-order chi connectivity index (χ0) is 11.0. The van der Waals surface area contributed by atoms with Crippen molar-refractivity contribution in [1.82, 2.24) is 0 Å². The van der Waals surface area contributed by atoms with Crippen LogP contribution in [-0.2, 0) is 9.53 Å². The lowest BCUT2D eigenvalue weighted by atomic mass is 10.1. The number of hydrogen-bond donors (Lipinski definition) is 2. The van der Waals surface area contributed by atoms with E-state index in [0.29, 0.717) is 25.9 Å². The highest BCUT2D eigenvalue weighted by atomic mass is 16.5. The molecule has 14 heavy (non-hydrogen) atoms. The number of esters is 1. The van der Waals surface area contributed by atoms with Gasteiger partial charge >= 0.3 is 5.97 Å². The smallest absolute Gasteiger partial charge is 0.302 e. The number of carbonyl (C=O) groups is 1. The van der Waals surface area contributed by atoms with Crippen molar-refractivity contribution in [1.29, 1.82) is 5.26 Å². The summed E-state index contributed by atoms with van der Waals surface area (Å²) < 4.78 is 4.66. The van der Waals surface area contributed by atoms with Crippen LogP contribution < -0.4 is 0 Å². The first-order valence-electron chi connectivity index (χ1n) is 4.47. The number of hydrogen-bond acceptors (Lipinski definition) is 5. The van der Waals surface area contributed by atoms with Crippen LogP contribution in [0.4, 0.5) is 0 Å². The number of aliphatic hydroxyl groups is 2. The number of nitriles is 1. The third-order valence-corrected chi connectivity index (χ3v) is 1.70. The lowest BCUT2D eigenvalue weighted by Gasteiger charge is -2.10. The van der Waals surface area contributed by atoms with Gasteiger partial charge in [0.2, 0.25) is 0 Å². The van der Waals surface area contributed by atoms with Crippen LogP contribution in [0.2, 0.25) is 0 Å². The molecule has 0 saturated carbocycles. The summed E-state index contributed by atoms with van der Waals surface area (Å²) in [6, 6.07) is 1.54. The fraction of sp³-hybridized carbons (Fsp3) is 0.778. The van der Waals surface area contributed by atoms with Gasteiger partial charge in [-0.3, -0.25) is 4.79 Å². The Labute approximate surface area is 82.9 Å². The lowest BCUT2D eigenvalue weighted by molar-refractivity contribution is -0.141. The number of ether oxygens (including phenoxy) is 1. The molecule has 5 nitrogen and oxygen atoms in total. The molecule has 0 aromatic heterocycles. The van der Waals surface area contributed by atoms with E-state index in [1.807, 2.05) is 0 Å². The summed E-state index contributed by atoms with van der Waals surface area (Å²) in [5, 5.41) is 26.3. The van der Waals surface area contributed by atoms with Gasteiger partial charge in [0.25, 0.3) is 0 Å². The molecule has 0 aromatic carbocycles. The Morgan fingerprint density at radius 3 is 2.64 bits per heavy atom. The first-order chi connectivity index (χ1) is 6.57. The third-order valence-electron chi connectivity index (χ3n) is 1.70. The van der Waals surface area contributed by atoms with Crippen LogP contribution in [0.15, 0.2) is 0 Å². The Kier molecular flexibility index (Phi) is 6.72. The highest BCUT2D eigenvalue weighted by molar-refractivity contribution is 5.65. The minimum Gasteiger partial charge on any atom is -0.466 e.